The highest BCUT2D eigenvalue weighted by Gasteiger charge is 2.27. The van der Waals surface area contributed by atoms with E-state index in [9.17, 15) is 0 Å². The monoisotopic (exact) mass is 260 g/mol. The summed E-state index contributed by atoms with van der Waals surface area (Å²) in [7, 11) is 4.24. The maximum atomic E-state index is 4.53. The van der Waals surface area contributed by atoms with Gasteiger partial charge < -0.3 is 9.80 Å². The van der Waals surface area contributed by atoms with Crippen molar-refractivity contribution in [3.05, 3.63) is 18.7 Å². The van der Waals surface area contributed by atoms with Gasteiger partial charge in [-0.3, -0.25) is 4.40 Å². The number of nitrogens with zero attached hydrogens (tertiary/aromatic N) is 6. The SMILES string of the molecule is CN(C)CCC1CCCN1c1nccn2cnnc12. The normalized spacial score (nSPS) is 19.7. The van der Waals surface area contributed by atoms with Crippen molar-refractivity contribution in [2.45, 2.75) is 25.3 Å². The zero-order valence-electron chi connectivity index (χ0n) is 11.5. The van der Waals surface area contributed by atoms with Crippen molar-refractivity contribution in [1.82, 2.24) is 24.5 Å². The zero-order chi connectivity index (χ0) is 13.2. The van der Waals surface area contributed by atoms with Crippen molar-refractivity contribution in [2.75, 3.05) is 32.1 Å². The molecule has 3 rings (SSSR count). The maximum Gasteiger partial charge on any atom is 0.203 e. The van der Waals surface area contributed by atoms with Crippen LogP contribution in [0.3, 0.4) is 0 Å². The maximum absolute atomic E-state index is 4.53. The second kappa shape index (κ2) is 5.13. The molecular formula is C13H20N6. The molecule has 6 nitrogen and oxygen atoms in total. The third-order valence-corrected chi connectivity index (χ3v) is 3.76. The van der Waals surface area contributed by atoms with Crippen LogP contribution in [0.25, 0.3) is 5.65 Å². The van der Waals surface area contributed by atoms with Gasteiger partial charge in [0, 0.05) is 25.0 Å². The Balaban J connectivity index is 1.85. The van der Waals surface area contributed by atoms with Gasteiger partial charge in [-0.1, -0.05) is 0 Å². The fourth-order valence-electron chi connectivity index (χ4n) is 2.77. The predicted molar refractivity (Wildman–Crippen MR) is 74.3 cm³/mol. The van der Waals surface area contributed by atoms with E-state index in [-0.39, 0.29) is 0 Å². The van der Waals surface area contributed by atoms with Gasteiger partial charge >= 0.3 is 0 Å². The van der Waals surface area contributed by atoms with Crippen LogP contribution in [-0.4, -0.2) is 57.7 Å². The van der Waals surface area contributed by atoms with E-state index < -0.39 is 0 Å². The van der Waals surface area contributed by atoms with E-state index in [1.54, 1.807) is 6.33 Å². The molecule has 1 atom stereocenters. The number of aromatic nitrogens is 4. The molecule has 0 radical (unpaired) electrons. The summed E-state index contributed by atoms with van der Waals surface area (Å²) in [6.07, 6.45) is 9.09. The minimum absolute atomic E-state index is 0.567. The molecule has 0 bridgehead atoms. The molecule has 102 valence electrons. The lowest BCUT2D eigenvalue weighted by Gasteiger charge is -2.26. The predicted octanol–water partition coefficient (Wildman–Crippen LogP) is 1.04. The van der Waals surface area contributed by atoms with Gasteiger partial charge in [0.1, 0.15) is 6.33 Å². The van der Waals surface area contributed by atoms with E-state index in [1.807, 2.05) is 16.8 Å². The Morgan fingerprint density at radius 2 is 2.32 bits per heavy atom. The first-order valence-electron chi connectivity index (χ1n) is 6.81. The molecule has 0 N–H and O–H groups in total. The zero-order valence-corrected chi connectivity index (χ0v) is 11.5. The lowest BCUT2D eigenvalue weighted by atomic mass is 10.1. The quantitative estimate of drug-likeness (QED) is 0.822. The fourth-order valence-corrected chi connectivity index (χ4v) is 2.77. The van der Waals surface area contributed by atoms with Gasteiger partial charge in [-0.2, -0.15) is 0 Å². The van der Waals surface area contributed by atoms with Gasteiger partial charge in [0.15, 0.2) is 5.82 Å². The Morgan fingerprint density at radius 3 is 3.16 bits per heavy atom. The number of anilines is 1. The molecule has 0 aliphatic carbocycles. The van der Waals surface area contributed by atoms with E-state index in [1.165, 1.54) is 19.3 Å². The molecule has 1 unspecified atom stereocenters. The van der Waals surface area contributed by atoms with Crippen LogP contribution in [0.1, 0.15) is 19.3 Å². The lowest BCUT2D eigenvalue weighted by molar-refractivity contribution is 0.380. The standard InChI is InChI=1S/C13H20N6/c1-17(2)8-5-11-4-3-7-19(11)12-13-16-15-10-18(13)9-6-14-12/h6,9-11H,3-5,7-8H2,1-2H3. The largest absolute Gasteiger partial charge is 0.350 e. The summed E-state index contributed by atoms with van der Waals surface area (Å²) in [4.78, 5) is 9.16. The Bertz CT molecular complexity index is 549. The third kappa shape index (κ3) is 2.40. The molecular weight excluding hydrogens is 240 g/mol. The third-order valence-electron chi connectivity index (χ3n) is 3.76. The van der Waals surface area contributed by atoms with Crippen LogP contribution in [0, 0.1) is 0 Å². The highest BCUT2D eigenvalue weighted by molar-refractivity contribution is 5.64. The van der Waals surface area contributed by atoms with Crippen molar-refractivity contribution in [3.8, 4) is 0 Å². The summed E-state index contributed by atoms with van der Waals surface area (Å²) in [5.74, 6) is 0.973. The van der Waals surface area contributed by atoms with Crippen molar-refractivity contribution >= 4 is 11.5 Å². The molecule has 1 aliphatic heterocycles. The van der Waals surface area contributed by atoms with Crippen molar-refractivity contribution < 1.29 is 0 Å². The molecule has 3 heterocycles. The topological polar surface area (TPSA) is 49.6 Å². The van der Waals surface area contributed by atoms with Crippen LogP contribution in [0.15, 0.2) is 18.7 Å². The van der Waals surface area contributed by atoms with Crippen molar-refractivity contribution in [1.29, 1.82) is 0 Å². The Hall–Kier alpha value is -1.69. The van der Waals surface area contributed by atoms with Crippen LogP contribution in [0.5, 0.6) is 0 Å². The van der Waals surface area contributed by atoms with E-state index in [0.29, 0.717) is 6.04 Å². The van der Waals surface area contributed by atoms with E-state index in [4.69, 9.17) is 0 Å². The fraction of sp³-hybridized carbons (Fsp3) is 0.615. The molecule has 1 fully saturated rings. The summed E-state index contributed by atoms with van der Waals surface area (Å²) in [6, 6.07) is 0.567. The minimum atomic E-state index is 0.567. The molecule has 0 spiro atoms. The van der Waals surface area contributed by atoms with Crippen LogP contribution >= 0.6 is 0 Å². The van der Waals surface area contributed by atoms with Crippen molar-refractivity contribution in [2.24, 2.45) is 0 Å². The smallest absolute Gasteiger partial charge is 0.203 e. The summed E-state index contributed by atoms with van der Waals surface area (Å²) >= 11 is 0. The summed E-state index contributed by atoms with van der Waals surface area (Å²) in [6.45, 7) is 2.18. The van der Waals surface area contributed by atoms with Gasteiger partial charge in [0.25, 0.3) is 0 Å². The Morgan fingerprint density at radius 1 is 1.42 bits per heavy atom. The van der Waals surface area contributed by atoms with Crippen LogP contribution in [0.4, 0.5) is 5.82 Å². The van der Waals surface area contributed by atoms with E-state index in [0.717, 1.165) is 24.6 Å². The minimum Gasteiger partial charge on any atom is -0.350 e. The van der Waals surface area contributed by atoms with Gasteiger partial charge in [-0.05, 0) is 39.9 Å². The average Bonchev–Trinajstić information content (AvgIpc) is 3.04. The first-order valence-corrected chi connectivity index (χ1v) is 6.81. The van der Waals surface area contributed by atoms with E-state index in [2.05, 4.69) is 39.1 Å². The van der Waals surface area contributed by atoms with Crippen LogP contribution in [0.2, 0.25) is 0 Å². The second-order valence-corrected chi connectivity index (χ2v) is 5.39. The molecule has 19 heavy (non-hydrogen) atoms. The Kier molecular flexibility index (Phi) is 3.33. The molecule has 1 saturated heterocycles. The molecule has 1 aliphatic rings. The molecule has 2 aromatic heterocycles. The number of hydrogen-bond donors (Lipinski definition) is 0. The first kappa shape index (κ1) is 12.3. The Labute approximate surface area is 113 Å². The van der Waals surface area contributed by atoms with Gasteiger partial charge in [0.2, 0.25) is 5.65 Å². The van der Waals surface area contributed by atoms with Crippen molar-refractivity contribution in [3.63, 3.8) is 0 Å². The number of rotatable bonds is 4. The summed E-state index contributed by atoms with van der Waals surface area (Å²) in [5, 5.41) is 8.16. The van der Waals surface area contributed by atoms with Crippen LogP contribution in [-0.2, 0) is 0 Å². The molecule has 0 amide bonds. The molecule has 2 aromatic rings. The molecule has 0 saturated carbocycles. The summed E-state index contributed by atoms with van der Waals surface area (Å²) < 4.78 is 1.93. The lowest BCUT2D eigenvalue weighted by Crippen LogP contribution is -2.33. The van der Waals surface area contributed by atoms with Crippen LogP contribution < -0.4 is 4.90 Å². The first-order chi connectivity index (χ1) is 9.25. The highest BCUT2D eigenvalue weighted by atomic mass is 15.3. The summed E-state index contributed by atoms with van der Waals surface area (Å²) in [5.41, 5.74) is 0.860. The number of fused-ring (bicyclic) bond motifs is 1. The number of hydrogen-bond acceptors (Lipinski definition) is 5. The second-order valence-electron chi connectivity index (χ2n) is 5.39. The van der Waals surface area contributed by atoms with E-state index >= 15 is 0 Å². The highest BCUT2D eigenvalue weighted by Crippen LogP contribution is 2.27. The van der Waals surface area contributed by atoms with Gasteiger partial charge in [-0.25, -0.2) is 4.98 Å². The van der Waals surface area contributed by atoms with Gasteiger partial charge in [0.05, 0.1) is 0 Å². The average molecular weight is 260 g/mol. The molecule has 6 heteroatoms. The molecule has 0 aromatic carbocycles. The van der Waals surface area contributed by atoms with Gasteiger partial charge in [-0.15, -0.1) is 10.2 Å².